The van der Waals surface area contributed by atoms with Crippen LogP contribution in [0.1, 0.15) is 45.7 Å². The van der Waals surface area contributed by atoms with Gasteiger partial charge in [-0.3, -0.25) is 9.59 Å². The highest BCUT2D eigenvalue weighted by Crippen LogP contribution is 2.50. The van der Waals surface area contributed by atoms with Crippen molar-refractivity contribution in [2.75, 3.05) is 4.90 Å². The third-order valence-corrected chi connectivity index (χ3v) is 6.17. The topological polar surface area (TPSA) is 37.4 Å². The Hall–Kier alpha value is -2.72. The Labute approximate surface area is 165 Å². The molecule has 1 heterocycles. The summed E-state index contributed by atoms with van der Waals surface area (Å²) in [5, 5.41) is 0. The average molecular weight is 418 g/mol. The summed E-state index contributed by atoms with van der Waals surface area (Å²) in [6, 6.07) is 19.2. The number of carbonyl (C=O) groups is 2. The third-order valence-electron chi connectivity index (χ3n) is 5.67. The number of hydrogen-bond donors (Lipinski definition) is 0. The molecular weight excluding hydrogens is 402 g/mol. The Morgan fingerprint density at radius 1 is 0.741 bits per heavy atom. The van der Waals surface area contributed by atoms with Crippen LogP contribution in [0, 0.1) is 0 Å². The lowest BCUT2D eigenvalue weighted by atomic mass is 9.82. The molecule has 0 saturated heterocycles. The second kappa shape index (κ2) is 5.40. The molecule has 3 aromatic carbocycles. The van der Waals surface area contributed by atoms with Gasteiger partial charge in [0.25, 0.3) is 11.8 Å². The van der Waals surface area contributed by atoms with Crippen LogP contribution in [-0.4, -0.2) is 11.8 Å². The van der Waals surface area contributed by atoms with Crippen molar-refractivity contribution < 1.29 is 9.59 Å². The van der Waals surface area contributed by atoms with Gasteiger partial charge in [-0.2, -0.15) is 0 Å². The number of rotatable bonds is 1. The van der Waals surface area contributed by atoms with E-state index in [4.69, 9.17) is 0 Å². The number of hydrogen-bond acceptors (Lipinski definition) is 2. The Kier molecular flexibility index (Phi) is 3.29. The van der Waals surface area contributed by atoms with Crippen molar-refractivity contribution in [2.24, 2.45) is 0 Å². The van der Waals surface area contributed by atoms with Crippen LogP contribution in [0.3, 0.4) is 0 Å². The average Bonchev–Trinajstić information content (AvgIpc) is 3.04. The van der Waals surface area contributed by atoms with E-state index in [9.17, 15) is 9.59 Å². The molecule has 2 aliphatic rings. The van der Waals surface area contributed by atoms with Crippen LogP contribution in [0.2, 0.25) is 0 Å². The van der Waals surface area contributed by atoms with Gasteiger partial charge in [-0.15, -0.1) is 0 Å². The van der Waals surface area contributed by atoms with Crippen molar-refractivity contribution in [1.29, 1.82) is 0 Å². The van der Waals surface area contributed by atoms with Gasteiger partial charge in [0.2, 0.25) is 0 Å². The van der Waals surface area contributed by atoms with Crippen molar-refractivity contribution >= 4 is 33.4 Å². The summed E-state index contributed by atoms with van der Waals surface area (Å²) in [6.45, 7) is 4.35. The summed E-state index contributed by atoms with van der Waals surface area (Å²) in [5.41, 5.74) is 6.08. The van der Waals surface area contributed by atoms with Gasteiger partial charge >= 0.3 is 0 Å². The van der Waals surface area contributed by atoms with Crippen molar-refractivity contribution in [1.82, 2.24) is 0 Å². The first kappa shape index (κ1) is 16.5. The minimum atomic E-state index is -0.258. The van der Waals surface area contributed by atoms with Gasteiger partial charge in [-0.05, 0) is 58.7 Å². The molecule has 4 heteroatoms. The molecule has 5 rings (SSSR count). The van der Waals surface area contributed by atoms with Crippen LogP contribution in [0.4, 0.5) is 5.69 Å². The number of anilines is 1. The SMILES string of the molecule is CC1(C)c2cc(Br)ccc2-c2ccc(N3C(=O)c4ccccc4C3=O)cc21. The maximum Gasteiger partial charge on any atom is 0.266 e. The number of imide groups is 1. The highest BCUT2D eigenvalue weighted by Gasteiger charge is 2.39. The number of benzene rings is 3. The smallest absolute Gasteiger partial charge is 0.266 e. The van der Waals surface area contributed by atoms with Gasteiger partial charge in [0.05, 0.1) is 16.8 Å². The van der Waals surface area contributed by atoms with Crippen LogP contribution in [0.5, 0.6) is 0 Å². The first-order valence-corrected chi connectivity index (χ1v) is 9.61. The Morgan fingerprint density at radius 2 is 1.30 bits per heavy atom. The predicted molar refractivity (Wildman–Crippen MR) is 109 cm³/mol. The molecule has 0 radical (unpaired) electrons. The second-order valence-corrected chi connectivity index (χ2v) is 8.45. The first-order valence-electron chi connectivity index (χ1n) is 8.82. The van der Waals surface area contributed by atoms with Crippen LogP contribution in [-0.2, 0) is 5.41 Å². The molecule has 1 aliphatic heterocycles. The maximum atomic E-state index is 12.8. The number of halogens is 1. The number of fused-ring (bicyclic) bond motifs is 4. The molecule has 0 spiro atoms. The third kappa shape index (κ3) is 2.13. The molecule has 1 aliphatic carbocycles. The molecule has 27 heavy (non-hydrogen) atoms. The lowest BCUT2D eigenvalue weighted by molar-refractivity contribution is 0.0926. The van der Waals surface area contributed by atoms with Gasteiger partial charge in [0.1, 0.15) is 0 Å². The fourth-order valence-corrected chi connectivity index (χ4v) is 4.62. The lowest BCUT2D eigenvalue weighted by Crippen LogP contribution is -2.29. The largest absolute Gasteiger partial charge is 0.268 e. The standard InChI is InChI=1S/C23H16BrNO2/c1-23(2)19-11-13(24)7-9-15(19)16-10-8-14(12-20(16)23)25-21(26)17-5-3-4-6-18(17)22(25)27/h3-12H,1-2H3. The molecule has 0 unspecified atom stereocenters. The Bertz CT molecular complexity index is 1130. The zero-order chi connectivity index (χ0) is 18.9. The van der Waals surface area contributed by atoms with E-state index in [-0.39, 0.29) is 17.2 Å². The van der Waals surface area contributed by atoms with E-state index in [1.165, 1.54) is 16.0 Å². The van der Waals surface area contributed by atoms with E-state index in [0.29, 0.717) is 16.8 Å². The van der Waals surface area contributed by atoms with Gasteiger partial charge in [-0.25, -0.2) is 4.90 Å². The molecule has 0 aromatic heterocycles. The number of amides is 2. The summed E-state index contributed by atoms with van der Waals surface area (Å²) in [7, 11) is 0. The Balaban J connectivity index is 1.66. The van der Waals surface area contributed by atoms with Crippen molar-refractivity contribution in [3.05, 3.63) is 87.4 Å². The van der Waals surface area contributed by atoms with Crippen LogP contribution in [0.15, 0.2) is 65.1 Å². The molecule has 0 N–H and O–H groups in total. The van der Waals surface area contributed by atoms with Crippen molar-refractivity contribution in [3.8, 4) is 11.1 Å². The molecule has 132 valence electrons. The first-order chi connectivity index (χ1) is 12.9. The highest BCUT2D eigenvalue weighted by atomic mass is 79.9. The van der Waals surface area contributed by atoms with Crippen LogP contribution < -0.4 is 4.90 Å². The van der Waals surface area contributed by atoms with E-state index in [2.05, 4.69) is 41.9 Å². The second-order valence-electron chi connectivity index (χ2n) is 7.54. The zero-order valence-electron chi connectivity index (χ0n) is 14.9. The quantitative estimate of drug-likeness (QED) is 0.486. The molecule has 0 fully saturated rings. The van der Waals surface area contributed by atoms with Gasteiger partial charge in [0.15, 0.2) is 0 Å². The fourth-order valence-electron chi connectivity index (χ4n) is 4.26. The summed E-state index contributed by atoms with van der Waals surface area (Å²) < 4.78 is 1.04. The van der Waals surface area contributed by atoms with E-state index in [1.807, 2.05) is 24.3 Å². The fraction of sp³-hybridized carbons (Fsp3) is 0.130. The molecule has 3 nitrogen and oxygen atoms in total. The molecule has 0 bridgehead atoms. The Morgan fingerprint density at radius 3 is 1.93 bits per heavy atom. The molecular formula is C23H16BrNO2. The summed E-state index contributed by atoms with van der Waals surface area (Å²) in [4.78, 5) is 27.0. The van der Waals surface area contributed by atoms with Gasteiger partial charge < -0.3 is 0 Å². The lowest BCUT2D eigenvalue weighted by Gasteiger charge is -2.23. The monoisotopic (exact) mass is 417 g/mol. The number of nitrogens with zero attached hydrogens (tertiary/aromatic N) is 1. The van der Waals surface area contributed by atoms with Gasteiger partial charge in [0, 0.05) is 9.89 Å². The summed E-state index contributed by atoms with van der Waals surface area (Å²) in [6.07, 6.45) is 0. The van der Waals surface area contributed by atoms with Gasteiger partial charge in [-0.1, -0.05) is 54.0 Å². The highest BCUT2D eigenvalue weighted by molar-refractivity contribution is 9.10. The molecule has 3 aromatic rings. The maximum absolute atomic E-state index is 12.8. The van der Waals surface area contributed by atoms with Crippen LogP contribution >= 0.6 is 15.9 Å². The minimum Gasteiger partial charge on any atom is -0.268 e. The summed E-state index contributed by atoms with van der Waals surface area (Å²) >= 11 is 3.56. The molecule has 0 saturated carbocycles. The normalized spacial score (nSPS) is 16.3. The van der Waals surface area contributed by atoms with E-state index in [1.54, 1.807) is 24.3 Å². The molecule has 0 atom stereocenters. The van der Waals surface area contributed by atoms with E-state index >= 15 is 0 Å². The number of carbonyl (C=O) groups excluding carboxylic acids is 2. The van der Waals surface area contributed by atoms with E-state index in [0.717, 1.165) is 15.6 Å². The van der Waals surface area contributed by atoms with Crippen LogP contribution in [0.25, 0.3) is 11.1 Å². The van der Waals surface area contributed by atoms with E-state index < -0.39 is 0 Å². The summed E-state index contributed by atoms with van der Waals surface area (Å²) in [5.74, 6) is -0.516. The zero-order valence-corrected chi connectivity index (χ0v) is 16.5. The van der Waals surface area contributed by atoms with Crippen molar-refractivity contribution in [3.63, 3.8) is 0 Å². The minimum absolute atomic E-state index is 0.205. The van der Waals surface area contributed by atoms with Crippen molar-refractivity contribution in [2.45, 2.75) is 19.3 Å². The molecule has 2 amide bonds. The predicted octanol–water partition coefficient (Wildman–Crippen LogP) is 5.56.